The number of carbonyl (C=O) groups is 2. The second-order valence-corrected chi connectivity index (χ2v) is 8.28. The van der Waals surface area contributed by atoms with Crippen molar-refractivity contribution in [3.05, 3.63) is 53.0 Å². The van der Waals surface area contributed by atoms with E-state index < -0.39 is 36.5 Å². The fourth-order valence-electron chi connectivity index (χ4n) is 3.78. The standard InChI is InChI=1S/C24H27FN2O6/c1-13(2)22-18(9-8-16(28)10-17(29)11-20(30)31)21(14-4-6-15(25)7-5-14)19-12-33-24(32)27(3)23(19)26-22/h4-9,13,16-17,28-29H,10-12H2,1-3H3,(H,30,31)/b9-8+. The number of carboxylic acids is 1. The number of anilines is 1. The number of aliphatic hydroxyl groups excluding tert-OH is 2. The first-order valence-corrected chi connectivity index (χ1v) is 10.6. The van der Waals surface area contributed by atoms with Gasteiger partial charge in [-0.25, -0.2) is 14.2 Å². The van der Waals surface area contributed by atoms with Crippen LogP contribution < -0.4 is 4.90 Å². The number of carboxylic acid groups (broad SMARTS) is 1. The quantitative estimate of drug-likeness (QED) is 0.552. The summed E-state index contributed by atoms with van der Waals surface area (Å²) in [5.74, 6) is -1.16. The highest BCUT2D eigenvalue weighted by Crippen LogP contribution is 2.40. The van der Waals surface area contributed by atoms with Gasteiger partial charge in [0.05, 0.1) is 24.3 Å². The summed E-state index contributed by atoms with van der Waals surface area (Å²) in [6.45, 7) is 3.86. The van der Waals surface area contributed by atoms with Gasteiger partial charge in [0.1, 0.15) is 18.2 Å². The summed E-state index contributed by atoms with van der Waals surface area (Å²) >= 11 is 0. The number of amides is 1. The number of benzene rings is 1. The Bertz CT molecular complexity index is 1070. The predicted molar refractivity (Wildman–Crippen MR) is 120 cm³/mol. The molecule has 0 saturated carbocycles. The van der Waals surface area contributed by atoms with Crippen LogP contribution in [-0.4, -0.2) is 51.6 Å². The summed E-state index contributed by atoms with van der Waals surface area (Å²) in [4.78, 5) is 28.9. The summed E-state index contributed by atoms with van der Waals surface area (Å²) in [7, 11) is 1.56. The predicted octanol–water partition coefficient (Wildman–Crippen LogP) is 3.70. The topological polar surface area (TPSA) is 120 Å². The summed E-state index contributed by atoms with van der Waals surface area (Å²) in [6, 6.07) is 5.91. The zero-order valence-corrected chi connectivity index (χ0v) is 18.7. The number of halogens is 1. The number of aromatic nitrogens is 1. The fraction of sp³-hybridized carbons (Fsp3) is 0.375. The van der Waals surface area contributed by atoms with Crippen molar-refractivity contribution in [1.82, 2.24) is 4.98 Å². The SMILES string of the molecule is CC(C)c1nc2c(c(-c3ccc(F)cc3)c1/C=C/C(O)CC(O)CC(=O)O)COC(=O)N2C. The molecule has 9 heteroatoms. The van der Waals surface area contributed by atoms with E-state index in [1.807, 2.05) is 13.8 Å². The maximum absolute atomic E-state index is 13.6. The third-order valence-corrected chi connectivity index (χ3v) is 5.36. The van der Waals surface area contributed by atoms with Crippen molar-refractivity contribution in [2.45, 2.75) is 51.4 Å². The Kier molecular flexibility index (Phi) is 7.45. The number of aliphatic hydroxyl groups is 2. The lowest BCUT2D eigenvalue weighted by atomic mass is 9.89. The van der Waals surface area contributed by atoms with E-state index in [0.29, 0.717) is 33.8 Å². The smallest absolute Gasteiger partial charge is 0.415 e. The molecule has 0 saturated heterocycles. The molecule has 2 heterocycles. The highest BCUT2D eigenvalue weighted by atomic mass is 19.1. The van der Waals surface area contributed by atoms with E-state index in [9.17, 15) is 24.2 Å². The minimum absolute atomic E-state index is 0.0166. The zero-order valence-electron chi connectivity index (χ0n) is 18.7. The third kappa shape index (κ3) is 5.55. The highest BCUT2D eigenvalue weighted by Gasteiger charge is 2.30. The molecule has 0 fully saturated rings. The molecule has 0 aliphatic carbocycles. The molecule has 1 aliphatic rings. The van der Waals surface area contributed by atoms with E-state index in [1.54, 1.807) is 25.3 Å². The van der Waals surface area contributed by atoms with Crippen molar-refractivity contribution < 1.29 is 34.0 Å². The molecule has 1 aromatic carbocycles. The van der Waals surface area contributed by atoms with Gasteiger partial charge in [0.2, 0.25) is 0 Å². The minimum Gasteiger partial charge on any atom is -0.481 e. The Morgan fingerprint density at radius 3 is 2.55 bits per heavy atom. The molecule has 176 valence electrons. The summed E-state index contributed by atoms with van der Waals surface area (Å²) in [5.41, 5.74) is 3.34. The normalized spacial score (nSPS) is 15.5. The first kappa shape index (κ1) is 24.3. The number of aliphatic carboxylic acids is 1. The molecule has 0 bridgehead atoms. The van der Waals surface area contributed by atoms with Crippen molar-refractivity contribution in [3.63, 3.8) is 0 Å². The van der Waals surface area contributed by atoms with Gasteiger partial charge < -0.3 is 20.1 Å². The van der Waals surface area contributed by atoms with Gasteiger partial charge in [-0.15, -0.1) is 0 Å². The van der Waals surface area contributed by atoms with Crippen LogP contribution in [0.15, 0.2) is 30.3 Å². The van der Waals surface area contributed by atoms with Crippen LogP contribution in [0.25, 0.3) is 17.2 Å². The number of hydrogen-bond acceptors (Lipinski definition) is 6. The van der Waals surface area contributed by atoms with Gasteiger partial charge in [-0.3, -0.25) is 9.69 Å². The summed E-state index contributed by atoms with van der Waals surface area (Å²) in [6.07, 6.45) is -0.316. The zero-order chi connectivity index (χ0) is 24.3. The molecular weight excluding hydrogens is 431 g/mol. The number of nitrogens with zero attached hydrogens (tertiary/aromatic N) is 2. The van der Waals surface area contributed by atoms with Crippen LogP contribution in [0.5, 0.6) is 0 Å². The van der Waals surface area contributed by atoms with Crippen molar-refractivity contribution in [2.75, 3.05) is 11.9 Å². The lowest BCUT2D eigenvalue weighted by Crippen LogP contribution is -2.33. The number of rotatable bonds is 8. The van der Waals surface area contributed by atoms with Crippen LogP contribution >= 0.6 is 0 Å². The van der Waals surface area contributed by atoms with Gasteiger partial charge in [0.25, 0.3) is 0 Å². The number of fused-ring (bicyclic) bond motifs is 1. The molecule has 3 rings (SSSR count). The second-order valence-electron chi connectivity index (χ2n) is 8.28. The maximum Gasteiger partial charge on any atom is 0.415 e. The minimum atomic E-state index is -1.20. The number of hydrogen-bond donors (Lipinski definition) is 3. The number of carbonyl (C=O) groups excluding carboxylic acids is 1. The molecule has 0 spiro atoms. The molecule has 2 atom stereocenters. The second kappa shape index (κ2) is 10.1. The van der Waals surface area contributed by atoms with Crippen molar-refractivity contribution >= 4 is 24.0 Å². The van der Waals surface area contributed by atoms with Crippen LogP contribution in [0.1, 0.15) is 49.4 Å². The Morgan fingerprint density at radius 2 is 1.94 bits per heavy atom. The van der Waals surface area contributed by atoms with Crippen LogP contribution in [0.4, 0.5) is 15.0 Å². The van der Waals surface area contributed by atoms with E-state index in [-0.39, 0.29) is 18.9 Å². The molecule has 1 amide bonds. The summed E-state index contributed by atoms with van der Waals surface area (Å²) < 4.78 is 18.9. The Balaban J connectivity index is 2.14. The molecule has 3 N–H and O–H groups in total. The van der Waals surface area contributed by atoms with Gasteiger partial charge in [0.15, 0.2) is 0 Å². The first-order valence-electron chi connectivity index (χ1n) is 10.6. The molecule has 33 heavy (non-hydrogen) atoms. The average Bonchev–Trinajstić information content (AvgIpc) is 2.74. The molecule has 1 aromatic heterocycles. The van der Waals surface area contributed by atoms with Crippen LogP contribution in [0.3, 0.4) is 0 Å². The maximum atomic E-state index is 13.6. The molecule has 1 aliphatic heterocycles. The summed E-state index contributed by atoms with van der Waals surface area (Å²) in [5, 5.41) is 29.0. The van der Waals surface area contributed by atoms with Crippen LogP contribution in [0.2, 0.25) is 0 Å². The molecule has 2 unspecified atom stereocenters. The van der Waals surface area contributed by atoms with Crippen LogP contribution in [-0.2, 0) is 16.1 Å². The lowest BCUT2D eigenvalue weighted by molar-refractivity contribution is -0.139. The average molecular weight is 458 g/mol. The Morgan fingerprint density at radius 1 is 1.27 bits per heavy atom. The van der Waals surface area contributed by atoms with Crippen molar-refractivity contribution in [2.24, 2.45) is 0 Å². The van der Waals surface area contributed by atoms with E-state index >= 15 is 0 Å². The number of pyridine rings is 1. The first-order chi connectivity index (χ1) is 15.6. The molecule has 8 nitrogen and oxygen atoms in total. The number of cyclic esters (lactones) is 1. The van der Waals surface area contributed by atoms with E-state index in [2.05, 4.69) is 0 Å². The van der Waals surface area contributed by atoms with Gasteiger partial charge in [-0.2, -0.15) is 0 Å². The van der Waals surface area contributed by atoms with Crippen molar-refractivity contribution in [1.29, 1.82) is 0 Å². The Labute approximate surface area is 191 Å². The van der Waals surface area contributed by atoms with Crippen molar-refractivity contribution in [3.8, 4) is 11.1 Å². The van der Waals surface area contributed by atoms with Crippen LogP contribution in [0, 0.1) is 5.82 Å². The van der Waals surface area contributed by atoms with E-state index in [1.165, 1.54) is 23.1 Å². The molecular formula is C24H27FN2O6. The Hall–Kier alpha value is -3.30. The molecule has 0 radical (unpaired) electrons. The largest absolute Gasteiger partial charge is 0.481 e. The monoisotopic (exact) mass is 458 g/mol. The van der Waals surface area contributed by atoms with Gasteiger partial charge in [-0.1, -0.05) is 38.1 Å². The molecule has 2 aromatic rings. The van der Waals surface area contributed by atoms with Gasteiger partial charge in [-0.05, 0) is 23.6 Å². The third-order valence-electron chi connectivity index (χ3n) is 5.36. The number of ether oxygens (including phenoxy) is 1. The van der Waals surface area contributed by atoms with Gasteiger partial charge in [0, 0.05) is 30.2 Å². The fourth-order valence-corrected chi connectivity index (χ4v) is 3.78. The highest BCUT2D eigenvalue weighted by molar-refractivity contribution is 5.93. The van der Waals surface area contributed by atoms with E-state index in [4.69, 9.17) is 14.8 Å². The lowest BCUT2D eigenvalue weighted by Gasteiger charge is -2.29. The van der Waals surface area contributed by atoms with E-state index in [0.717, 1.165) is 0 Å². The van der Waals surface area contributed by atoms with Gasteiger partial charge >= 0.3 is 12.1 Å².